The third-order valence-electron chi connectivity index (χ3n) is 5.31. The van der Waals surface area contributed by atoms with Crippen LogP contribution in [0.25, 0.3) is 28.0 Å². The standard InChI is InChI=1S/C22H21N9O2.2C2H6/c1-14-3-4-16(21-26-28-29(2)27-21)9-19(14)25-22(33)18-12-24-31-6-5-15(10-20(18)31)17-11-23-30(13-17)7-8-32;2*1-2/h3-6,9-13,32H,7-8H2,1-2H3,(H,25,33);2*1-2H3. The van der Waals surface area contributed by atoms with Gasteiger partial charge in [0.25, 0.3) is 5.91 Å². The first-order valence-electron chi connectivity index (χ1n) is 12.3. The van der Waals surface area contributed by atoms with Gasteiger partial charge in [-0.25, -0.2) is 4.52 Å². The number of carbonyl (C=O) groups is 1. The highest BCUT2D eigenvalue weighted by atomic mass is 16.3. The van der Waals surface area contributed by atoms with E-state index in [2.05, 4.69) is 30.9 Å². The molecule has 11 nitrogen and oxygen atoms in total. The minimum atomic E-state index is -0.273. The molecule has 0 aliphatic heterocycles. The largest absolute Gasteiger partial charge is 0.394 e. The van der Waals surface area contributed by atoms with Crippen molar-refractivity contribution in [2.45, 2.75) is 41.2 Å². The number of tetrazole rings is 1. The van der Waals surface area contributed by atoms with Gasteiger partial charge in [0.15, 0.2) is 0 Å². The molecule has 5 rings (SSSR count). The molecule has 194 valence electrons. The Morgan fingerprint density at radius 3 is 2.49 bits per heavy atom. The predicted molar refractivity (Wildman–Crippen MR) is 143 cm³/mol. The molecule has 0 fully saturated rings. The quantitative estimate of drug-likeness (QED) is 0.358. The first kappa shape index (κ1) is 27.2. The lowest BCUT2D eigenvalue weighted by molar-refractivity contribution is 0.102. The Hall–Kier alpha value is -4.38. The number of pyridine rings is 1. The minimum Gasteiger partial charge on any atom is -0.394 e. The lowest BCUT2D eigenvalue weighted by atomic mass is 10.1. The van der Waals surface area contributed by atoms with Crippen molar-refractivity contribution in [3.63, 3.8) is 0 Å². The molecule has 1 aromatic carbocycles. The van der Waals surface area contributed by atoms with Crippen molar-refractivity contribution in [1.82, 2.24) is 39.6 Å². The number of hydrogen-bond donors (Lipinski definition) is 2. The van der Waals surface area contributed by atoms with Crippen LogP contribution in [0.5, 0.6) is 0 Å². The number of aliphatic hydroxyl groups is 1. The van der Waals surface area contributed by atoms with Gasteiger partial charge >= 0.3 is 0 Å². The van der Waals surface area contributed by atoms with Crippen LogP contribution in [0.1, 0.15) is 43.6 Å². The van der Waals surface area contributed by atoms with Gasteiger partial charge in [0, 0.05) is 29.2 Å². The Labute approximate surface area is 215 Å². The second-order valence-electron chi connectivity index (χ2n) is 7.61. The van der Waals surface area contributed by atoms with E-state index in [1.807, 2.05) is 71.1 Å². The van der Waals surface area contributed by atoms with E-state index < -0.39 is 0 Å². The molecule has 0 unspecified atom stereocenters. The molecule has 2 N–H and O–H groups in total. The number of hydrogen-bond acceptors (Lipinski definition) is 7. The van der Waals surface area contributed by atoms with Crippen LogP contribution in [0.15, 0.2) is 55.1 Å². The average molecular weight is 504 g/mol. The molecule has 0 radical (unpaired) electrons. The number of rotatable bonds is 6. The molecule has 11 heteroatoms. The van der Waals surface area contributed by atoms with Crippen LogP contribution >= 0.6 is 0 Å². The molecular weight excluding hydrogens is 470 g/mol. The van der Waals surface area contributed by atoms with Crippen LogP contribution in [0.2, 0.25) is 0 Å². The predicted octanol–water partition coefficient (Wildman–Crippen LogP) is 3.99. The maximum atomic E-state index is 13.2. The fraction of sp³-hybridized carbons (Fsp3) is 0.308. The zero-order chi connectivity index (χ0) is 26.9. The summed E-state index contributed by atoms with van der Waals surface area (Å²) in [5, 5.41) is 32.8. The van der Waals surface area contributed by atoms with Gasteiger partial charge in [-0.15, -0.1) is 10.2 Å². The Morgan fingerprint density at radius 1 is 1.00 bits per heavy atom. The van der Waals surface area contributed by atoms with Gasteiger partial charge < -0.3 is 10.4 Å². The first-order chi connectivity index (χ1) is 18.0. The van der Waals surface area contributed by atoms with Crippen molar-refractivity contribution in [3.05, 3.63) is 66.2 Å². The summed E-state index contributed by atoms with van der Waals surface area (Å²) < 4.78 is 3.33. The number of carbonyl (C=O) groups excluding carboxylic acids is 1. The summed E-state index contributed by atoms with van der Waals surface area (Å²) in [7, 11) is 1.70. The van der Waals surface area contributed by atoms with E-state index in [4.69, 9.17) is 5.11 Å². The van der Waals surface area contributed by atoms with Crippen molar-refractivity contribution >= 4 is 17.1 Å². The second kappa shape index (κ2) is 12.5. The van der Waals surface area contributed by atoms with Crippen molar-refractivity contribution < 1.29 is 9.90 Å². The molecule has 4 heterocycles. The topological polar surface area (TPSA) is 128 Å². The molecule has 0 saturated heterocycles. The highest BCUT2D eigenvalue weighted by Crippen LogP contribution is 2.25. The Morgan fingerprint density at radius 2 is 1.78 bits per heavy atom. The Bertz CT molecular complexity index is 1470. The van der Waals surface area contributed by atoms with E-state index in [9.17, 15) is 4.79 Å². The van der Waals surface area contributed by atoms with Crippen LogP contribution in [0.3, 0.4) is 0 Å². The number of nitrogens with zero attached hydrogens (tertiary/aromatic N) is 8. The molecule has 0 spiro atoms. The third kappa shape index (κ3) is 6.07. The number of fused-ring (bicyclic) bond motifs is 1. The van der Waals surface area contributed by atoms with E-state index in [1.54, 1.807) is 34.8 Å². The van der Waals surface area contributed by atoms with E-state index in [1.165, 1.54) is 4.80 Å². The molecule has 0 bridgehead atoms. The Balaban J connectivity index is 0.000000907. The normalized spacial score (nSPS) is 10.4. The van der Waals surface area contributed by atoms with E-state index in [0.717, 1.165) is 22.3 Å². The summed E-state index contributed by atoms with van der Waals surface area (Å²) in [5.74, 6) is 0.209. The zero-order valence-corrected chi connectivity index (χ0v) is 22.0. The summed E-state index contributed by atoms with van der Waals surface area (Å²) in [6, 6.07) is 9.43. The van der Waals surface area contributed by atoms with Crippen molar-refractivity contribution in [2.24, 2.45) is 7.05 Å². The molecule has 4 aromatic heterocycles. The Kier molecular flexibility index (Phi) is 9.22. The summed E-state index contributed by atoms with van der Waals surface area (Å²) >= 11 is 0. The molecule has 1 amide bonds. The molecule has 37 heavy (non-hydrogen) atoms. The fourth-order valence-corrected chi connectivity index (χ4v) is 3.56. The maximum Gasteiger partial charge on any atom is 0.259 e. The maximum absolute atomic E-state index is 13.2. The van der Waals surface area contributed by atoms with Gasteiger partial charge in [-0.1, -0.05) is 39.8 Å². The number of aromatic nitrogens is 8. The van der Waals surface area contributed by atoms with Crippen LogP contribution in [0.4, 0.5) is 5.69 Å². The minimum absolute atomic E-state index is 0.0145. The number of benzene rings is 1. The molecule has 0 atom stereocenters. The summed E-state index contributed by atoms with van der Waals surface area (Å²) in [4.78, 5) is 14.6. The van der Waals surface area contributed by atoms with Crippen LogP contribution in [-0.4, -0.2) is 57.2 Å². The molecule has 0 aliphatic rings. The molecule has 5 aromatic rings. The smallest absolute Gasteiger partial charge is 0.259 e. The van der Waals surface area contributed by atoms with E-state index in [0.29, 0.717) is 29.1 Å². The van der Waals surface area contributed by atoms with Crippen LogP contribution < -0.4 is 5.32 Å². The lowest BCUT2D eigenvalue weighted by Gasteiger charge is -2.09. The number of nitrogens with one attached hydrogen (secondary N) is 1. The van der Waals surface area contributed by atoms with Crippen molar-refractivity contribution in [2.75, 3.05) is 11.9 Å². The van der Waals surface area contributed by atoms with E-state index in [-0.39, 0.29) is 12.5 Å². The highest BCUT2D eigenvalue weighted by molar-refractivity contribution is 6.09. The third-order valence-corrected chi connectivity index (χ3v) is 5.31. The van der Waals surface area contributed by atoms with E-state index >= 15 is 0 Å². The average Bonchev–Trinajstić information content (AvgIpc) is 3.67. The molecule has 0 aliphatic carbocycles. The zero-order valence-electron chi connectivity index (χ0n) is 22.0. The van der Waals surface area contributed by atoms with Crippen molar-refractivity contribution in [1.29, 1.82) is 0 Å². The van der Waals surface area contributed by atoms with Gasteiger partial charge in [-0.2, -0.15) is 15.0 Å². The summed E-state index contributed by atoms with van der Waals surface area (Å²) in [5.41, 5.74) is 5.22. The van der Waals surface area contributed by atoms with Crippen LogP contribution in [-0.2, 0) is 13.6 Å². The fourth-order valence-electron chi connectivity index (χ4n) is 3.56. The number of amides is 1. The number of anilines is 1. The number of aryl methyl sites for hydroxylation is 2. The lowest BCUT2D eigenvalue weighted by Crippen LogP contribution is -2.12. The second-order valence-corrected chi connectivity index (χ2v) is 7.61. The molecular formula is C26H33N9O2. The highest BCUT2D eigenvalue weighted by Gasteiger charge is 2.16. The first-order valence-corrected chi connectivity index (χ1v) is 12.3. The van der Waals surface area contributed by atoms with Gasteiger partial charge in [0.05, 0.1) is 43.7 Å². The monoisotopic (exact) mass is 503 g/mol. The van der Waals surface area contributed by atoms with Gasteiger partial charge in [0.1, 0.15) is 0 Å². The van der Waals surface area contributed by atoms with Crippen LogP contribution in [0, 0.1) is 6.92 Å². The van der Waals surface area contributed by atoms with Gasteiger partial charge in [-0.3, -0.25) is 9.48 Å². The SMILES string of the molecule is CC.CC.Cc1ccc(-c2nnn(C)n2)cc1NC(=O)c1cnn2ccc(-c3cnn(CCO)c3)cc12. The number of aliphatic hydroxyl groups excluding tert-OH is 1. The van der Waals surface area contributed by atoms with Gasteiger partial charge in [0.2, 0.25) is 5.82 Å². The summed E-state index contributed by atoms with van der Waals surface area (Å²) in [6.07, 6.45) is 6.93. The molecule has 0 saturated carbocycles. The van der Waals surface area contributed by atoms with Gasteiger partial charge in [-0.05, 0) is 41.5 Å². The summed E-state index contributed by atoms with van der Waals surface area (Å²) in [6.45, 7) is 10.4. The van der Waals surface area contributed by atoms with Crippen molar-refractivity contribution in [3.8, 4) is 22.5 Å².